The topological polar surface area (TPSA) is 0 Å². The van der Waals surface area contributed by atoms with Gasteiger partial charge in [0, 0.05) is 15.8 Å². The summed E-state index contributed by atoms with van der Waals surface area (Å²) in [5.41, 5.74) is 10.6. The predicted molar refractivity (Wildman–Crippen MR) is 174 cm³/mol. The van der Waals surface area contributed by atoms with Crippen molar-refractivity contribution in [2.24, 2.45) is 0 Å². The van der Waals surface area contributed by atoms with Gasteiger partial charge < -0.3 is 0 Å². The molecule has 0 N–H and O–H groups in total. The summed E-state index contributed by atoms with van der Waals surface area (Å²) in [5.74, 6) is 0. The van der Waals surface area contributed by atoms with Crippen molar-refractivity contribution in [3.8, 4) is 10.4 Å². The Hall–Kier alpha value is -3.95. The highest BCUT2D eigenvalue weighted by Crippen LogP contribution is 2.69. The number of halogens is 1. The van der Waals surface area contributed by atoms with Crippen molar-refractivity contribution in [2.75, 3.05) is 0 Å². The number of hydrogen-bond acceptors (Lipinski definition) is 2. The SMILES string of the molecule is Clc1c2c3c(c4ccsc14)-c1sccc1[C@@]3(c1ccccc1)c1ccccc1C2(c1ccccc1)c1ccccc1. The van der Waals surface area contributed by atoms with Gasteiger partial charge in [0.15, 0.2) is 0 Å². The van der Waals surface area contributed by atoms with Gasteiger partial charge in [-0.2, -0.15) is 0 Å². The van der Waals surface area contributed by atoms with E-state index in [9.17, 15) is 0 Å². The van der Waals surface area contributed by atoms with Crippen LogP contribution in [0.1, 0.15) is 44.5 Å². The molecule has 2 aliphatic carbocycles. The Bertz CT molecular complexity index is 2070. The molecule has 0 nitrogen and oxygen atoms in total. The summed E-state index contributed by atoms with van der Waals surface area (Å²) < 4.78 is 1.17. The van der Waals surface area contributed by atoms with Crippen molar-refractivity contribution < 1.29 is 0 Å². The Morgan fingerprint density at radius 1 is 0.463 bits per heavy atom. The van der Waals surface area contributed by atoms with Gasteiger partial charge in [-0.25, -0.2) is 0 Å². The number of benzene rings is 5. The fourth-order valence-electron chi connectivity index (χ4n) is 7.89. The van der Waals surface area contributed by atoms with Crippen molar-refractivity contribution in [3.05, 3.63) is 188 Å². The van der Waals surface area contributed by atoms with E-state index in [0.29, 0.717) is 0 Å². The molecule has 2 aromatic heterocycles. The molecule has 7 aromatic rings. The second-order valence-corrected chi connectivity index (χ2v) is 13.1. The molecule has 0 radical (unpaired) electrons. The lowest BCUT2D eigenvalue weighted by Gasteiger charge is -2.50. The molecule has 0 spiro atoms. The van der Waals surface area contributed by atoms with E-state index in [4.69, 9.17) is 11.6 Å². The third-order valence-corrected chi connectivity index (χ3v) is 11.6. The van der Waals surface area contributed by atoms with Crippen LogP contribution in [0.3, 0.4) is 0 Å². The van der Waals surface area contributed by atoms with Gasteiger partial charge >= 0.3 is 0 Å². The molecule has 0 aliphatic heterocycles. The Morgan fingerprint density at radius 2 is 0.976 bits per heavy atom. The van der Waals surface area contributed by atoms with E-state index in [0.717, 1.165) is 5.02 Å². The normalized spacial score (nSPS) is 17.7. The van der Waals surface area contributed by atoms with Crippen LogP contribution < -0.4 is 0 Å². The average molecular weight is 579 g/mol. The highest BCUT2D eigenvalue weighted by atomic mass is 35.5. The minimum absolute atomic E-state index is 0.468. The van der Waals surface area contributed by atoms with Crippen LogP contribution in [0.5, 0.6) is 0 Å². The fraction of sp³-hybridized carbons (Fsp3) is 0.0526. The monoisotopic (exact) mass is 578 g/mol. The number of hydrogen-bond donors (Lipinski definition) is 0. The Balaban J connectivity index is 1.62. The fourth-order valence-corrected chi connectivity index (χ4v) is 10.2. The van der Waals surface area contributed by atoms with E-state index >= 15 is 0 Å². The Morgan fingerprint density at radius 3 is 1.59 bits per heavy atom. The minimum Gasteiger partial charge on any atom is -0.143 e. The summed E-state index contributed by atoms with van der Waals surface area (Å²) in [6.07, 6.45) is 0. The van der Waals surface area contributed by atoms with E-state index in [-0.39, 0.29) is 0 Å². The first-order valence-corrected chi connectivity index (χ1v) is 16.0. The van der Waals surface area contributed by atoms with Gasteiger partial charge in [0.05, 0.1) is 20.6 Å². The van der Waals surface area contributed by atoms with Crippen LogP contribution in [0.4, 0.5) is 0 Å². The van der Waals surface area contributed by atoms with Crippen LogP contribution in [0.15, 0.2) is 138 Å². The van der Waals surface area contributed by atoms with Gasteiger partial charge in [-0.1, -0.05) is 127 Å². The zero-order valence-corrected chi connectivity index (χ0v) is 24.4. The van der Waals surface area contributed by atoms with E-state index in [1.54, 1.807) is 11.3 Å². The number of thiophene rings is 2. The first-order valence-electron chi connectivity index (χ1n) is 13.9. The molecular formula is C38H23ClS2. The zero-order valence-electron chi connectivity index (χ0n) is 22.0. The standard InChI is InChI=1S/C38H23ClS2/c39-34-33-32-31(27-20-22-40-35(27)34)36-30(21-23-41-36)38(32,26-16-8-3-9-17-26)29-19-11-10-18-28(29)37(33,24-12-4-1-5-13-24)25-14-6-2-7-15-25/h1-23H/t38-/m1/s1. The van der Waals surface area contributed by atoms with Gasteiger partial charge in [0.25, 0.3) is 0 Å². The molecule has 1 atom stereocenters. The summed E-state index contributed by atoms with van der Waals surface area (Å²) in [5, 5.41) is 6.60. The van der Waals surface area contributed by atoms with Crippen molar-refractivity contribution in [1.82, 2.24) is 0 Å². The maximum absolute atomic E-state index is 7.79. The quantitative estimate of drug-likeness (QED) is 0.195. The summed E-state index contributed by atoms with van der Waals surface area (Å²) in [6.45, 7) is 0. The smallest absolute Gasteiger partial charge is 0.0729 e. The zero-order chi connectivity index (χ0) is 27.2. The van der Waals surface area contributed by atoms with Crippen LogP contribution in [-0.2, 0) is 10.8 Å². The molecule has 41 heavy (non-hydrogen) atoms. The van der Waals surface area contributed by atoms with E-state index in [1.807, 2.05) is 11.3 Å². The molecule has 2 heterocycles. The van der Waals surface area contributed by atoms with Crippen LogP contribution in [0, 0.1) is 0 Å². The third kappa shape index (κ3) is 2.76. The summed E-state index contributed by atoms with van der Waals surface area (Å²) >= 11 is 11.4. The first-order chi connectivity index (χ1) is 20.3. The Labute approximate surface area is 252 Å². The molecule has 3 heteroatoms. The number of rotatable bonds is 3. The lowest BCUT2D eigenvalue weighted by molar-refractivity contribution is 0.628. The summed E-state index contributed by atoms with van der Waals surface area (Å²) in [4.78, 5) is 1.36. The molecule has 0 unspecified atom stereocenters. The summed E-state index contributed by atoms with van der Waals surface area (Å²) in [7, 11) is 0. The van der Waals surface area contributed by atoms with Crippen molar-refractivity contribution in [2.45, 2.75) is 10.8 Å². The lowest BCUT2D eigenvalue weighted by atomic mass is 9.51. The largest absolute Gasteiger partial charge is 0.143 e. The second-order valence-electron chi connectivity index (χ2n) is 10.9. The molecule has 194 valence electrons. The molecule has 0 saturated carbocycles. The van der Waals surface area contributed by atoms with Gasteiger partial charge in [0.2, 0.25) is 0 Å². The predicted octanol–water partition coefficient (Wildman–Crippen LogP) is 10.7. The maximum atomic E-state index is 7.79. The van der Waals surface area contributed by atoms with Crippen LogP contribution in [0.25, 0.3) is 20.5 Å². The maximum Gasteiger partial charge on any atom is 0.0729 e. The molecule has 0 fully saturated rings. The number of fused-ring (bicyclic) bond motifs is 7. The molecule has 5 aromatic carbocycles. The molecule has 0 bridgehead atoms. The first kappa shape index (κ1) is 23.7. The molecule has 2 aliphatic rings. The molecular weight excluding hydrogens is 556 g/mol. The van der Waals surface area contributed by atoms with Gasteiger partial charge in [0.1, 0.15) is 0 Å². The van der Waals surface area contributed by atoms with Gasteiger partial charge in [-0.05, 0) is 67.4 Å². The van der Waals surface area contributed by atoms with E-state index in [1.165, 1.54) is 65.0 Å². The van der Waals surface area contributed by atoms with Crippen molar-refractivity contribution >= 4 is 44.4 Å². The van der Waals surface area contributed by atoms with Crippen LogP contribution in [0.2, 0.25) is 5.02 Å². The lowest BCUT2D eigenvalue weighted by Crippen LogP contribution is -2.44. The van der Waals surface area contributed by atoms with Crippen molar-refractivity contribution in [3.63, 3.8) is 0 Å². The van der Waals surface area contributed by atoms with Crippen molar-refractivity contribution in [1.29, 1.82) is 0 Å². The second kappa shape index (κ2) is 8.53. The highest BCUT2D eigenvalue weighted by Gasteiger charge is 2.59. The average Bonchev–Trinajstić information content (AvgIpc) is 3.78. The van der Waals surface area contributed by atoms with E-state index < -0.39 is 10.8 Å². The van der Waals surface area contributed by atoms with E-state index in [2.05, 4.69) is 138 Å². The summed E-state index contributed by atoms with van der Waals surface area (Å²) in [6, 6.07) is 46.9. The van der Waals surface area contributed by atoms with Crippen LogP contribution in [-0.4, -0.2) is 0 Å². The van der Waals surface area contributed by atoms with Gasteiger partial charge in [-0.3, -0.25) is 0 Å². The highest BCUT2D eigenvalue weighted by molar-refractivity contribution is 7.18. The Kier molecular flexibility index (Phi) is 4.94. The van der Waals surface area contributed by atoms with Gasteiger partial charge in [-0.15, -0.1) is 22.7 Å². The molecule has 0 amide bonds. The van der Waals surface area contributed by atoms with Crippen LogP contribution >= 0.6 is 34.3 Å². The molecule has 9 rings (SSSR count). The minimum atomic E-state index is -0.592. The third-order valence-electron chi connectivity index (χ3n) is 9.26. The molecule has 0 saturated heterocycles.